The summed E-state index contributed by atoms with van der Waals surface area (Å²) in [6, 6.07) is 6.17. The molecule has 0 saturated carbocycles. The fourth-order valence-electron chi connectivity index (χ4n) is 1.23. The molecule has 0 fully saturated rings. The van der Waals surface area contributed by atoms with Crippen LogP contribution in [0.5, 0.6) is 0 Å². The zero-order valence-electron chi connectivity index (χ0n) is 9.53. The molecule has 0 bridgehead atoms. The van der Waals surface area contributed by atoms with Gasteiger partial charge in [0.25, 0.3) is 5.91 Å². The second kappa shape index (κ2) is 6.62. The summed E-state index contributed by atoms with van der Waals surface area (Å²) in [4.78, 5) is 22.8. The molecule has 0 aromatic heterocycles. The number of rotatable bonds is 5. The number of carbonyl (C=O) groups is 2. The fourth-order valence-corrected chi connectivity index (χ4v) is 1.23. The molecule has 4 nitrogen and oxygen atoms in total. The van der Waals surface area contributed by atoms with Crippen molar-refractivity contribution in [3.63, 3.8) is 0 Å². The van der Waals surface area contributed by atoms with Crippen molar-refractivity contribution in [2.45, 2.75) is 6.42 Å². The molecule has 17 heavy (non-hydrogen) atoms. The van der Waals surface area contributed by atoms with Crippen molar-refractivity contribution in [1.29, 1.82) is 0 Å². The van der Waals surface area contributed by atoms with Crippen LogP contribution >= 0.6 is 0 Å². The summed E-state index contributed by atoms with van der Waals surface area (Å²) in [6.07, 6.45) is 0.181. The van der Waals surface area contributed by atoms with E-state index in [0.717, 1.165) is 0 Å². The van der Waals surface area contributed by atoms with Gasteiger partial charge >= 0.3 is 5.97 Å². The molecule has 0 heterocycles. The molecule has 0 aliphatic rings. The highest BCUT2D eigenvalue weighted by atomic mass is 19.1. The molecule has 92 valence electrons. The first-order valence-corrected chi connectivity index (χ1v) is 5.24. The van der Waals surface area contributed by atoms with E-state index in [1.165, 1.54) is 13.1 Å². The van der Waals surface area contributed by atoms with Crippen LogP contribution in [0.4, 0.5) is 4.39 Å². The van der Waals surface area contributed by atoms with Crippen LogP contribution in [0.25, 0.3) is 0 Å². The lowest BCUT2D eigenvalue weighted by molar-refractivity contribution is 0.0494. The lowest BCUT2D eigenvalue weighted by atomic mass is 10.1. The van der Waals surface area contributed by atoms with Gasteiger partial charge in [-0.05, 0) is 18.2 Å². The number of amides is 1. The van der Waals surface area contributed by atoms with E-state index >= 15 is 0 Å². The Labute approximate surface area is 98.8 Å². The van der Waals surface area contributed by atoms with Gasteiger partial charge in [-0.1, -0.05) is 6.07 Å². The van der Waals surface area contributed by atoms with Gasteiger partial charge in [0, 0.05) is 19.0 Å². The summed E-state index contributed by atoms with van der Waals surface area (Å²) in [6.45, 7) is -0.481. The van der Waals surface area contributed by atoms with Crippen molar-refractivity contribution in [1.82, 2.24) is 5.32 Å². The predicted molar refractivity (Wildman–Crippen MR) is 60.7 cm³/mol. The van der Waals surface area contributed by atoms with E-state index in [9.17, 15) is 14.0 Å². The number of ether oxygens (including phenoxy) is 1. The molecule has 0 saturated heterocycles. The zero-order valence-corrected chi connectivity index (χ0v) is 9.53. The monoisotopic (exact) mass is 239 g/mol. The first kappa shape index (κ1) is 13.2. The third kappa shape index (κ3) is 3.86. The molecule has 0 aliphatic heterocycles. The summed E-state index contributed by atoms with van der Waals surface area (Å²) in [5.41, 5.74) is 0.664. The Kier molecular flexibility index (Phi) is 5.13. The molecule has 5 heteroatoms. The maximum absolute atomic E-state index is 11.8. The highest BCUT2D eigenvalue weighted by Gasteiger charge is 2.10. The van der Waals surface area contributed by atoms with Crippen molar-refractivity contribution < 1.29 is 18.7 Å². The minimum atomic E-state index is -0.552. The van der Waals surface area contributed by atoms with Gasteiger partial charge in [-0.2, -0.15) is 0 Å². The molecule has 0 spiro atoms. The number of alkyl halides is 1. The van der Waals surface area contributed by atoms with E-state index in [1.807, 2.05) is 0 Å². The Morgan fingerprint density at radius 1 is 1.35 bits per heavy atom. The number of hydrogen-bond acceptors (Lipinski definition) is 3. The summed E-state index contributed by atoms with van der Waals surface area (Å²) >= 11 is 0. The summed E-state index contributed by atoms with van der Waals surface area (Å²) < 4.78 is 16.6. The van der Waals surface area contributed by atoms with Crippen molar-refractivity contribution in [3.05, 3.63) is 35.4 Å². The van der Waals surface area contributed by atoms with Crippen LogP contribution in [0.3, 0.4) is 0 Å². The van der Waals surface area contributed by atoms with E-state index in [-0.39, 0.29) is 24.5 Å². The largest absolute Gasteiger partial charge is 0.462 e. The maximum atomic E-state index is 11.8. The highest BCUT2D eigenvalue weighted by molar-refractivity contribution is 5.97. The molecular weight excluding hydrogens is 225 g/mol. The average molecular weight is 239 g/mol. The molecule has 1 amide bonds. The maximum Gasteiger partial charge on any atom is 0.338 e. The van der Waals surface area contributed by atoms with Crippen molar-refractivity contribution in [3.8, 4) is 0 Å². The summed E-state index contributed by atoms with van der Waals surface area (Å²) in [7, 11) is 1.51. The second-order valence-corrected chi connectivity index (χ2v) is 3.34. The Balaban J connectivity index is 2.70. The minimum Gasteiger partial charge on any atom is -0.462 e. The van der Waals surface area contributed by atoms with Crippen LogP contribution in [0.15, 0.2) is 24.3 Å². The van der Waals surface area contributed by atoms with E-state index in [1.54, 1.807) is 18.2 Å². The minimum absolute atomic E-state index is 0.0412. The van der Waals surface area contributed by atoms with Crippen LogP contribution in [0.1, 0.15) is 27.1 Å². The number of halogens is 1. The molecule has 1 N–H and O–H groups in total. The highest BCUT2D eigenvalue weighted by Crippen LogP contribution is 2.07. The fraction of sp³-hybridized carbons (Fsp3) is 0.333. The van der Waals surface area contributed by atoms with Crippen molar-refractivity contribution in [2.24, 2.45) is 0 Å². The second-order valence-electron chi connectivity index (χ2n) is 3.34. The van der Waals surface area contributed by atoms with Gasteiger partial charge in [0.2, 0.25) is 0 Å². The number of carbonyl (C=O) groups excluding carboxylic acids is 2. The van der Waals surface area contributed by atoms with Crippen molar-refractivity contribution >= 4 is 11.9 Å². The Hall–Kier alpha value is -1.91. The van der Waals surface area contributed by atoms with Crippen LogP contribution in [-0.2, 0) is 4.74 Å². The summed E-state index contributed by atoms with van der Waals surface area (Å²) in [5, 5.41) is 2.46. The standard InChI is InChI=1S/C12H14FNO3/c1-14-11(15)9-4-2-5-10(8-9)12(16)17-7-3-6-13/h2,4-5,8H,3,6-7H2,1H3,(H,14,15). The van der Waals surface area contributed by atoms with Gasteiger partial charge in [0.15, 0.2) is 0 Å². The molecule has 1 rings (SSSR count). The molecule has 1 aromatic carbocycles. The van der Waals surface area contributed by atoms with Gasteiger partial charge in [-0.3, -0.25) is 9.18 Å². The topological polar surface area (TPSA) is 55.4 Å². The number of nitrogens with one attached hydrogen (secondary N) is 1. The number of hydrogen-bond donors (Lipinski definition) is 1. The van der Waals surface area contributed by atoms with E-state index in [4.69, 9.17) is 4.74 Å². The van der Waals surface area contributed by atoms with E-state index in [2.05, 4.69) is 5.32 Å². The Morgan fingerprint density at radius 3 is 2.71 bits per heavy atom. The van der Waals surface area contributed by atoms with Gasteiger partial charge in [-0.15, -0.1) is 0 Å². The average Bonchev–Trinajstić information content (AvgIpc) is 2.38. The van der Waals surface area contributed by atoms with E-state index in [0.29, 0.717) is 5.56 Å². The van der Waals surface area contributed by atoms with Gasteiger partial charge < -0.3 is 10.1 Å². The van der Waals surface area contributed by atoms with E-state index < -0.39 is 12.6 Å². The summed E-state index contributed by atoms with van der Waals surface area (Å²) in [5.74, 6) is -0.826. The lowest BCUT2D eigenvalue weighted by Gasteiger charge is -2.05. The first-order valence-electron chi connectivity index (χ1n) is 5.24. The Bertz CT molecular complexity index is 406. The SMILES string of the molecule is CNC(=O)c1cccc(C(=O)OCCCF)c1. The van der Waals surface area contributed by atoms with Gasteiger partial charge in [0.1, 0.15) is 0 Å². The van der Waals surface area contributed by atoms with Crippen LogP contribution < -0.4 is 5.32 Å². The molecule has 1 aromatic rings. The smallest absolute Gasteiger partial charge is 0.338 e. The van der Waals surface area contributed by atoms with Crippen LogP contribution in [0.2, 0.25) is 0 Å². The first-order chi connectivity index (χ1) is 8.19. The van der Waals surface area contributed by atoms with Crippen molar-refractivity contribution in [2.75, 3.05) is 20.3 Å². The van der Waals surface area contributed by atoms with Gasteiger partial charge in [-0.25, -0.2) is 4.79 Å². The molecule has 0 radical (unpaired) electrons. The number of benzene rings is 1. The predicted octanol–water partition coefficient (Wildman–Crippen LogP) is 1.56. The number of esters is 1. The Morgan fingerprint density at radius 2 is 2.06 bits per heavy atom. The lowest BCUT2D eigenvalue weighted by Crippen LogP contribution is -2.18. The van der Waals surface area contributed by atoms with Gasteiger partial charge in [0.05, 0.1) is 18.8 Å². The molecule has 0 atom stereocenters. The molecular formula is C12H14FNO3. The van der Waals surface area contributed by atoms with Crippen LogP contribution in [0, 0.1) is 0 Å². The zero-order chi connectivity index (χ0) is 12.7. The molecule has 0 aliphatic carbocycles. The quantitative estimate of drug-likeness (QED) is 0.626. The third-order valence-electron chi connectivity index (χ3n) is 2.10. The molecule has 0 unspecified atom stereocenters. The van der Waals surface area contributed by atoms with Crippen LogP contribution in [-0.4, -0.2) is 32.2 Å². The normalized spacial score (nSPS) is 9.76. The third-order valence-corrected chi connectivity index (χ3v) is 2.10.